The topological polar surface area (TPSA) is 21.3 Å². The zero-order valence-corrected chi connectivity index (χ0v) is 14.5. The maximum absolute atomic E-state index is 5.93. The third-order valence-electron chi connectivity index (χ3n) is 3.50. The van der Waals surface area contributed by atoms with E-state index in [0.717, 1.165) is 18.7 Å². The molecule has 2 nitrogen and oxygen atoms in total. The standard InChI is InChI=1S/C17H20BrNOS/c1-2-10-19-17(15-8-9-16(18)21-15)12-4-3-5-14(11-12)20-13-6-7-13/h3-5,8-9,11,13,17,19H,2,6-7,10H2,1H3. The molecule has 1 N–H and O–H groups in total. The third kappa shape index (κ3) is 4.09. The van der Waals surface area contributed by atoms with Gasteiger partial charge in [0.2, 0.25) is 0 Å². The molecule has 1 aromatic carbocycles. The minimum atomic E-state index is 0.240. The molecule has 1 aliphatic rings. The largest absolute Gasteiger partial charge is 0.490 e. The fraction of sp³-hybridized carbons (Fsp3) is 0.412. The molecule has 1 aromatic heterocycles. The first-order valence-electron chi connectivity index (χ1n) is 7.51. The second-order valence-electron chi connectivity index (χ2n) is 5.42. The maximum Gasteiger partial charge on any atom is 0.120 e. The van der Waals surface area contributed by atoms with Crippen LogP contribution in [0.2, 0.25) is 0 Å². The Balaban J connectivity index is 1.83. The Bertz CT molecular complexity index is 594. The average Bonchev–Trinajstić information content (AvgIpc) is 3.19. The highest BCUT2D eigenvalue weighted by atomic mass is 79.9. The molecule has 0 amide bonds. The van der Waals surface area contributed by atoms with E-state index < -0.39 is 0 Å². The number of thiophene rings is 1. The summed E-state index contributed by atoms with van der Waals surface area (Å²) in [4.78, 5) is 1.33. The van der Waals surface area contributed by atoms with E-state index in [1.54, 1.807) is 11.3 Å². The first-order chi connectivity index (χ1) is 10.3. The van der Waals surface area contributed by atoms with Gasteiger partial charge in [-0.05, 0) is 71.6 Å². The van der Waals surface area contributed by atoms with Crippen LogP contribution in [0.3, 0.4) is 0 Å². The molecule has 1 aliphatic carbocycles. The van der Waals surface area contributed by atoms with Crippen LogP contribution in [0.4, 0.5) is 0 Å². The van der Waals surface area contributed by atoms with E-state index in [9.17, 15) is 0 Å². The van der Waals surface area contributed by atoms with Crippen LogP contribution in [0.5, 0.6) is 5.75 Å². The molecule has 1 saturated carbocycles. The first-order valence-corrected chi connectivity index (χ1v) is 9.12. The van der Waals surface area contributed by atoms with Crippen molar-refractivity contribution in [3.8, 4) is 5.75 Å². The molecule has 1 fully saturated rings. The Morgan fingerprint density at radius 3 is 2.86 bits per heavy atom. The molecule has 0 bridgehead atoms. The van der Waals surface area contributed by atoms with E-state index in [1.807, 2.05) is 0 Å². The normalized spacial score (nSPS) is 15.9. The monoisotopic (exact) mass is 365 g/mol. The highest BCUT2D eigenvalue weighted by Gasteiger charge is 2.24. The minimum Gasteiger partial charge on any atom is -0.490 e. The van der Waals surface area contributed by atoms with Crippen LogP contribution in [0.25, 0.3) is 0 Å². The number of nitrogens with one attached hydrogen (secondary N) is 1. The van der Waals surface area contributed by atoms with Crippen LogP contribution in [0, 0.1) is 0 Å². The van der Waals surface area contributed by atoms with Gasteiger partial charge in [0.15, 0.2) is 0 Å². The second-order valence-corrected chi connectivity index (χ2v) is 7.91. The fourth-order valence-corrected chi connectivity index (χ4v) is 3.83. The van der Waals surface area contributed by atoms with E-state index in [1.165, 1.54) is 27.1 Å². The smallest absolute Gasteiger partial charge is 0.120 e. The molecule has 2 aromatic rings. The second kappa shape index (κ2) is 6.95. The molecule has 0 saturated heterocycles. The lowest BCUT2D eigenvalue weighted by molar-refractivity contribution is 0.302. The molecular weight excluding hydrogens is 346 g/mol. The van der Waals surface area contributed by atoms with Crippen molar-refractivity contribution < 1.29 is 4.74 Å². The minimum absolute atomic E-state index is 0.240. The van der Waals surface area contributed by atoms with Gasteiger partial charge in [0.1, 0.15) is 5.75 Å². The van der Waals surface area contributed by atoms with E-state index in [4.69, 9.17) is 4.74 Å². The van der Waals surface area contributed by atoms with Gasteiger partial charge >= 0.3 is 0 Å². The number of ether oxygens (including phenoxy) is 1. The van der Waals surface area contributed by atoms with Crippen molar-refractivity contribution in [1.82, 2.24) is 5.32 Å². The molecule has 1 heterocycles. The van der Waals surface area contributed by atoms with Crippen LogP contribution in [0.15, 0.2) is 40.2 Å². The van der Waals surface area contributed by atoms with Crippen LogP contribution >= 0.6 is 27.3 Å². The molecular formula is C17H20BrNOS. The summed E-state index contributed by atoms with van der Waals surface area (Å²) >= 11 is 5.35. The van der Waals surface area contributed by atoms with E-state index in [0.29, 0.717) is 6.10 Å². The number of hydrogen-bond donors (Lipinski definition) is 1. The lowest BCUT2D eigenvalue weighted by Gasteiger charge is -2.18. The summed E-state index contributed by atoms with van der Waals surface area (Å²) in [5, 5.41) is 3.65. The molecule has 1 atom stereocenters. The summed E-state index contributed by atoms with van der Waals surface area (Å²) in [6, 6.07) is 13.1. The fourth-order valence-electron chi connectivity index (χ4n) is 2.30. The van der Waals surface area contributed by atoms with Crippen LogP contribution < -0.4 is 10.1 Å². The summed E-state index contributed by atoms with van der Waals surface area (Å²) in [7, 11) is 0. The average molecular weight is 366 g/mol. The number of hydrogen-bond acceptors (Lipinski definition) is 3. The number of rotatable bonds is 7. The zero-order valence-electron chi connectivity index (χ0n) is 12.1. The van der Waals surface area contributed by atoms with E-state index in [-0.39, 0.29) is 6.04 Å². The Hall–Kier alpha value is -0.840. The van der Waals surface area contributed by atoms with Gasteiger partial charge in [0.05, 0.1) is 15.9 Å². The third-order valence-corrected chi connectivity index (χ3v) is 5.18. The Morgan fingerprint density at radius 2 is 2.19 bits per heavy atom. The van der Waals surface area contributed by atoms with Gasteiger partial charge in [-0.2, -0.15) is 0 Å². The lowest BCUT2D eigenvalue weighted by atomic mass is 10.0. The van der Waals surface area contributed by atoms with Crippen molar-refractivity contribution >= 4 is 27.3 Å². The lowest BCUT2D eigenvalue weighted by Crippen LogP contribution is -2.22. The van der Waals surface area contributed by atoms with Crippen LogP contribution in [0.1, 0.15) is 42.7 Å². The van der Waals surface area contributed by atoms with E-state index in [2.05, 4.69) is 64.6 Å². The summed E-state index contributed by atoms with van der Waals surface area (Å²) in [5.41, 5.74) is 1.27. The predicted molar refractivity (Wildman–Crippen MR) is 92.2 cm³/mol. The molecule has 0 aliphatic heterocycles. The van der Waals surface area contributed by atoms with E-state index >= 15 is 0 Å². The molecule has 21 heavy (non-hydrogen) atoms. The van der Waals surface area contributed by atoms with Gasteiger partial charge in [0, 0.05) is 4.88 Å². The maximum atomic E-state index is 5.93. The van der Waals surface area contributed by atoms with Crippen molar-refractivity contribution in [2.24, 2.45) is 0 Å². The van der Waals surface area contributed by atoms with Crippen molar-refractivity contribution in [3.63, 3.8) is 0 Å². The van der Waals surface area contributed by atoms with Crippen molar-refractivity contribution in [2.75, 3.05) is 6.54 Å². The van der Waals surface area contributed by atoms with Crippen molar-refractivity contribution in [1.29, 1.82) is 0 Å². The molecule has 4 heteroatoms. The van der Waals surface area contributed by atoms with Gasteiger partial charge in [-0.25, -0.2) is 0 Å². The number of benzene rings is 1. The summed E-state index contributed by atoms with van der Waals surface area (Å²) in [6.45, 7) is 3.20. The summed E-state index contributed by atoms with van der Waals surface area (Å²) in [5.74, 6) is 0.994. The van der Waals surface area contributed by atoms with Crippen LogP contribution in [-0.4, -0.2) is 12.6 Å². The summed E-state index contributed by atoms with van der Waals surface area (Å²) in [6.07, 6.45) is 3.96. The van der Waals surface area contributed by atoms with Gasteiger partial charge in [-0.1, -0.05) is 19.1 Å². The Labute approximate surface area is 138 Å². The Kier molecular flexibility index (Phi) is 4.99. The van der Waals surface area contributed by atoms with Gasteiger partial charge in [-0.15, -0.1) is 11.3 Å². The molecule has 0 radical (unpaired) electrons. The predicted octanol–water partition coefficient (Wildman–Crippen LogP) is 5.14. The number of halogens is 1. The summed E-state index contributed by atoms with van der Waals surface area (Å²) < 4.78 is 7.10. The highest BCUT2D eigenvalue weighted by molar-refractivity contribution is 9.11. The quantitative estimate of drug-likeness (QED) is 0.733. The SMILES string of the molecule is CCCNC(c1cccc(OC2CC2)c1)c1ccc(Br)s1. The van der Waals surface area contributed by atoms with Gasteiger partial charge in [-0.3, -0.25) is 0 Å². The van der Waals surface area contributed by atoms with Gasteiger partial charge < -0.3 is 10.1 Å². The first kappa shape index (κ1) is 15.1. The van der Waals surface area contributed by atoms with Crippen LogP contribution in [-0.2, 0) is 0 Å². The highest BCUT2D eigenvalue weighted by Crippen LogP contribution is 2.33. The van der Waals surface area contributed by atoms with Crippen molar-refractivity contribution in [3.05, 3.63) is 50.6 Å². The molecule has 1 unspecified atom stereocenters. The Morgan fingerprint density at radius 1 is 1.33 bits per heavy atom. The molecule has 112 valence electrons. The molecule has 0 spiro atoms. The molecule has 3 rings (SSSR count). The van der Waals surface area contributed by atoms with Gasteiger partial charge in [0.25, 0.3) is 0 Å². The van der Waals surface area contributed by atoms with Crippen molar-refractivity contribution in [2.45, 2.75) is 38.3 Å². The zero-order chi connectivity index (χ0) is 14.7.